The standard InChI is InChI=1S/C25H31FN2O2S/c1-17(2)19-5-7-24-22(14-19)23(15-20-4-6-21(26)16-25(20)31-24)28-10-8-27(9-11-28)12-13-30-18(3)29/h4-7,14,16-17,23H,8-13,15H2,1-3H3. The minimum atomic E-state index is -0.220. The number of ether oxygens (including phenoxy) is 1. The van der Waals surface area contributed by atoms with E-state index in [1.807, 2.05) is 6.07 Å². The molecule has 1 unspecified atom stereocenters. The van der Waals surface area contributed by atoms with Crippen molar-refractivity contribution in [1.82, 2.24) is 9.80 Å². The number of esters is 1. The van der Waals surface area contributed by atoms with E-state index in [1.165, 1.54) is 28.5 Å². The fourth-order valence-electron chi connectivity index (χ4n) is 4.45. The van der Waals surface area contributed by atoms with Gasteiger partial charge in [0.2, 0.25) is 0 Å². The molecule has 0 N–H and O–H groups in total. The van der Waals surface area contributed by atoms with E-state index in [0.717, 1.165) is 44.0 Å². The van der Waals surface area contributed by atoms with Crippen LogP contribution in [0.1, 0.15) is 49.4 Å². The molecule has 2 aliphatic rings. The van der Waals surface area contributed by atoms with Gasteiger partial charge in [-0.25, -0.2) is 4.39 Å². The van der Waals surface area contributed by atoms with Gasteiger partial charge in [0.25, 0.3) is 0 Å². The number of nitrogens with zero attached hydrogens (tertiary/aromatic N) is 2. The normalized spacial score (nSPS) is 19.6. The maximum Gasteiger partial charge on any atom is 0.302 e. The van der Waals surface area contributed by atoms with Crippen LogP contribution in [0, 0.1) is 5.82 Å². The van der Waals surface area contributed by atoms with Gasteiger partial charge in [-0.15, -0.1) is 0 Å². The molecule has 2 aromatic rings. The molecular formula is C25H31FN2O2S. The molecule has 0 aliphatic carbocycles. The molecular weight excluding hydrogens is 411 g/mol. The van der Waals surface area contributed by atoms with Crippen molar-refractivity contribution in [2.45, 2.75) is 48.9 Å². The molecule has 4 rings (SSSR count). The average Bonchev–Trinajstić information content (AvgIpc) is 2.89. The van der Waals surface area contributed by atoms with Crippen LogP contribution in [0.3, 0.4) is 0 Å². The summed E-state index contributed by atoms with van der Waals surface area (Å²) in [6.45, 7) is 11.0. The lowest BCUT2D eigenvalue weighted by molar-refractivity contribution is -0.141. The molecule has 0 radical (unpaired) electrons. The molecule has 0 spiro atoms. The van der Waals surface area contributed by atoms with Crippen molar-refractivity contribution in [1.29, 1.82) is 0 Å². The van der Waals surface area contributed by atoms with Crippen molar-refractivity contribution in [3.05, 3.63) is 58.9 Å². The molecule has 31 heavy (non-hydrogen) atoms. The molecule has 166 valence electrons. The Kier molecular flexibility index (Phi) is 6.99. The van der Waals surface area contributed by atoms with Crippen molar-refractivity contribution in [2.24, 2.45) is 0 Å². The number of rotatable bonds is 5. The van der Waals surface area contributed by atoms with Gasteiger partial charge < -0.3 is 4.74 Å². The predicted octanol–water partition coefficient (Wildman–Crippen LogP) is 4.88. The molecule has 0 saturated carbocycles. The van der Waals surface area contributed by atoms with Crippen molar-refractivity contribution >= 4 is 17.7 Å². The molecule has 2 aromatic carbocycles. The number of benzene rings is 2. The smallest absolute Gasteiger partial charge is 0.302 e. The second-order valence-electron chi connectivity index (χ2n) is 8.74. The first-order valence-corrected chi connectivity index (χ1v) is 11.9. The van der Waals surface area contributed by atoms with Gasteiger partial charge in [-0.1, -0.05) is 43.8 Å². The van der Waals surface area contributed by atoms with Crippen LogP contribution in [-0.4, -0.2) is 55.1 Å². The van der Waals surface area contributed by atoms with Crippen LogP contribution in [0.4, 0.5) is 4.39 Å². The zero-order valence-corrected chi connectivity index (χ0v) is 19.4. The van der Waals surface area contributed by atoms with Gasteiger partial charge in [0.05, 0.1) is 0 Å². The summed E-state index contributed by atoms with van der Waals surface area (Å²) in [5.41, 5.74) is 3.93. The molecule has 1 atom stereocenters. The SMILES string of the molecule is CC(=O)OCCN1CCN(C2Cc3ccc(F)cc3Sc3ccc(C(C)C)cc32)CC1. The summed E-state index contributed by atoms with van der Waals surface area (Å²) >= 11 is 1.69. The lowest BCUT2D eigenvalue weighted by atomic mass is 9.93. The van der Waals surface area contributed by atoms with Crippen LogP contribution in [-0.2, 0) is 16.0 Å². The molecule has 2 aliphatic heterocycles. The summed E-state index contributed by atoms with van der Waals surface area (Å²) in [5, 5.41) is 0. The highest BCUT2D eigenvalue weighted by molar-refractivity contribution is 7.99. The van der Waals surface area contributed by atoms with E-state index in [9.17, 15) is 9.18 Å². The number of carbonyl (C=O) groups excluding carboxylic acids is 1. The number of carbonyl (C=O) groups is 1. The van der Waals surface area contributed by atoms with Crippen molar-refractivity contribution < 1.29 is 13.9 Å². The Morgan fingerprint density at radius 1 is 1.13 bits per heavy atom. The highest BCUT2D eigenvalue weighted by Crippen LogP contribution is 2.44. The van der Waals surface area contributed by atoms with Crippen molar-refractivity contribution in [3.63, 3.8) is 0 Å². The van der Waals surface area contributed by atoms with Gasteiger partial charge in [0.1, 0.15) is 12.4 Å². The molecule has 1 saturated heterocycles. The summed E-state index contributed by atoms with van der Waals surface area (Å²) in [5.74, 6) is 0.0749. The number of halogens is 1. The summed E-state index contributed by atoms with van der Waals surface area (Å²) in [4.78, 5) is 18.2. The lowest BCUT2D eigenvalue weighted by Crippen LogP contribution is -2.48. The average molecular weight is 443 g/mol. The van der Waals surface area contributed by atoms with Crippen LogP contribution >= 0.6 is 11.8 Å². The molecule has 0 aromatic heterocycles. The van der Waals surface area contributed by atoms with Crippen LogP contribution in [0.25, 0.3) is 0 Å². The van der Waals surface area contributed by atoms with Gasteiger partial charge in [-0.2, -0.15) is 0 Å². The number of fused-ring (bicyclic) bond motifs is 2. The summed E-state index contributed by atoms with van der Waals surface area (Å²) in [6.07, 6.45) is 0.893. The largest absolute Gasteiger partial charge is 0.465 e. The Labute approximate surface area is 188 Å². The lowest BCUT2D eigenvalue weighted by Gasteiger charge is -2.39. The molecule has 4 nitrogen and oxygen atoms in total. The number of piperazine rings is 1. The number of hydrogen-bond donors (Lipinski definition) is 0. The van der Waals surface area contributed by atoms with E-state index in [0.29, 0.717) is 12.5 Å². The topological polar surface area (TPSA) is 32.8 Å². The fourth-order valence-corrected chi connectivity index (χ4v) is 5.59. The van der Waals surface area contributed by atoms with E-state index in [1.54, 1.807) is 23.9 Å². The summed E-state index contributed by atoms with van der Waals surface area (Å²) in [6, 6.07) is 12.3. The van der Waals surface area contributed by atoms with E-state index in [4.69, 9.17) is 4.74 Å². The van der Waals surface area contributed by atoms with Crippen molar-refractivity contribution in [2.75, 3.05) is 39.3 Å². The third-order valence-electron chi connectivity index (χ3n) is 6.28. The van der Waals surface area contributed by atoms with Gasteiger partial charge in [-0.05, 0) is 47.2 Å². The van der Waals surface area contributed by atoms with Crippen LogP contribution in [0.15, 0.2) is 46.2 Å². The Bertz CT molecular complexity index is 941. The highest BCUT2D eigenvalue weighted by atomic mass is 32.2. The Balaban J connectivity index is 1.57. The van der Waals surface area contributed by atoms with Gasteiger partial charge >= 0.3 is 5.97 Å². The van der Waals surface area contributed by atoms with Gasteiger partial charge in [0.15, 0.2) is 0 Å². The molecule has 0 amide bonds. The van der Waals surface area contributed by atoms with E-state index in [-0.39, 0.29) is 17.8 Å². The third-order valence-corrected chi connectivity index (χ3v) is 7.47. The van der Waals surface area contributed by atoms with Gasteiger partial charge in [-0.3, -0.25) is 14.6 Å². The second kappa shape index (κ2) is 9.72. The Morgan fingerprint density at radius 2 is 1.90 bits per heavy atom. The quantitative estimate of drug-likeness (QED) is 0.617. The minimum absolute atomic E-state index is 0.175. The Hall–Kier alpha value is -1.89. The molecule has 6 heteroatoms. The van der Waals surface area contributed by atoms with Crippen LogP contribution < -0.4 is 0 Å². The molecule has 2 heterocycles. The zero-order valence-electron chi connectivity index (χ0n) is 18.6. The number of hydrogen-bond acceptors (Lipinski definition) is 5. The Morgan fingerprint density at radius 3 is 2.61 bits per heavy atom. The predicted molar refractivity (Wildman–Crippen MR) is 122 cm³/mol. The first-order valence-electron chi connectivity index (χ1n) is 11.1. The van der Waals surface area contributed by atoms with Crippen LogP contribution in [0.5, 0.6) is 0 Å². The first kappa shape index (κ1) is 22.3. The monoisotopic (exact) mass is 442 g/mol. The van der Waals surface area contributed by atoms with E-state index >= 15 is 0 Å². The van der Waals surface area contributed by atoms with Crippen LogP contribution in [0.2, 0.25) is 0 Å². The van der Waals surface area contributed by atoms with E-state index in [2.05, 4.69) is 41.8 Å². The zero-order chi connectivity index (χ0) is 22.0. The summed E-state index contributed by atoms with van der Waals surface area (Å²) in [7, 11) is 0. The van der Waals surface area contributed by atoms with Gasteiger partial charge in [0, 0.05) is 55.5 Å². The van der Waals surface area contributed by atoms with E-state index < -0.39 is 0 Å². The summed E-state index contributed by atoms with van der Waals surface area (Å²) < 4.78 is 19.1. The molecule has 1 fully saturated rings. The van der Waals surface area contributed by atoms with Crippen molar-refractivity contribution in [3.8, 4) is 0 Å². The second-order valence-corrected chi connectivity index (χ2v) is 9.83. The first-order chi connectivity index (χ1) is 14.9. The maximum absolute atomic E-state index is 14.0. The maximum atomic E-state index is 14.0. The molecule has 0 bridgehead atoms. The minimum Gasteiger partial charge on any atom is -0.465 e. The fraction of sp³-hybridized carbons (Fsp3) is 0.480. The highest BCUT2D eigenvalue weighted by Gasteiger charge is 2.30. The third kappa shape index (κ3) is 5.30.